The Kier molecular flexibility index (Phi) is 4.10. The second kappa shape index (κ2) is 5.87. The Labute approximate surface area is 149 Å². The first-order valence-electron chi connectivity index (χ1n) is 8.77. The standard InChI is InChI=1S/C21H27N3O/c1-11-9-19(14(4)13(3)12(11)2)10-23-20(25)15(5)17(7)24-18(8)16(6)22-21(23)24/h9H,10H2,1-8H3. The molecule has 25 heavy (non-hydrogen) atoms. The molecule has 0 unspecified atom stereocenters. The minimum atomic E-state index is 0.0466. The van der Waals surface area contributed by atoms with Crippen molar-refractivity contribution in [3.05, 3.63) is 66.9 Å². The number of hydrogen-bond donors (Lipinski definition) is 0. The minimum absolute atomic E-state index is 0.0466. The number of fused-ring (bicyclic) bond motifs is 1. The predicted octanol–water partition coefficient (Wildman–Crippen LogP) is 4.01. The highest BCUT2D eigenvalue weighted by atomic mass is 16.1. The molecule has 4 heteroatoms. The van der Waals surface area contributed by atoms with Gasteiger partial charge in [-0.3, -0.25) is 13.8 Å². The number of benzene rings is 1. The third-order valence-electron chi connectivity index (χ3n) is 5.93. The number of aryl methyl sites for hydroxylation is 4. The first-order valence-corrected chi connectivity index (χ1v) is 8.77. The van der Waals surface area contributed by atoms with E-state index in [1.165, 1.54) is 27.8 Å². The molecule has 0 bridgehead atoms. The largest absolute Gasteiger partial charge is 0.286 e. The van der Waals surface area contributed by atoms with E-state index in [1.54, 1.807) is 0 Å². The summed E-state index contributed by atoms with van der Waals surface area (Å²) in [5.74, 6) is 0.735. The summed E-state index contributed by atoms with van der Waals surface area (Å²) in [4.78, 5) is 17.7. The topological polar surface area (TPSA) is 39.3 Å². The van der Waals surface area contributed by atoms with E-state index in [0.717, 1.165) is 28.4 Å². The van der Waals surface area contributed by atoms with Crippen LogP contribution in [0.15, 0.2) is 10.9 Å². The van der Waals surface area contributed by atoms with Gasteiger partial charge in [0.25, 0.3) is 5.56 Å². The fraction of sp³-hybridized carbons (Fsp3) is 0.429. The number of hydrogen-bond acceptors (Lipinski definition) is 2. The van der Waals surface area contributed by atoms with Crippen molar-refractivity contribution < 1.29 is 0 Å². The Morgan fingerprint density at radius 3 is 2.12 bits per heavy atom. The van der Waals surface area contributed by atoms with Gasteiger partial charge >= 0.3 is 0 Å². The highest BCUT2D eigenvalue weighted by molar-refractivity contribution is 5.46. The summed E-state index contributed by atoms with van der Waals surface area (Å²) in [5, 5.41) is 0. The Morgan fingerprint density at radius 1 is 0.840 bits per heavy atom. The zero-order chi connectivity index (χ0) is 18.6. The molecule has 0 atom stereocenters. The summed E-state index contributed by atoms with van der Waals surface area (Å²) in [7, 11) is 0. The van der Waals surface area contributed by atoms with Crippen LogP contribution in [-0.4, -0.2) is 14.0 Å². The van der Waals surface area contributed by atoms with Crippen LogP contribution < -0.4 is 5.56 Å². The van der Waals surface area contributed by atoms with E-state index >= 15 is 0 Å². The molecule has 3 aromatic rings. The fourth-order valence-electron chi connectivity index (χ4n) is 3.56. The van der Waals surface area contributed by atoms with Crippen molar-refractivity contribution in [2.45, 2.75) is 61.9 Å². The van der Waals surface area contributed by atoms with Gasteiger partial charge in [-0.05, 0) is 83.2 Å². The van der Waals surface area contributed by atoms with Crippen molar-refractivity contribution in [3.8, 4) is 0 Å². The first kappa shape index (κ1) is 17.5. The summed E-state index contributed by atoms with van der Waals surface area (Å²) < 4.78 is 3.92. The molecule has 0 radical (unpaired) electrons. The van der Waals surface area contributed by atoms with Gasteiger partial charge in [0.1, 0.15) is 0 Å². The van der Waals surface area contributed by atoms with Gasteiger partial charge in [0, 0.05) is 17.0 Å². The van der Waals surface area contributed by atoms with E-state index in [1.807, 2.05) is 25.3 Å². The van der Waals surface area contributed by atoms with E-state index in [-0.39, 0.29) is 5.56 Å². The molecule has 2 aromatic heterocycles. The molecule has 0 saturated carbocycles. The molecular formula is C21H27N3O. The van der Waals surface area contributed by atoms with Crippen LogP contribution in [0.25, 0.3) is 5.78 Å². The minimum Gasteiger partial charge on any atom is -0.286 e. The van der Waals surface area contributed by atoms with Crippen molar-refractivity contribution >= 4 is 5.78 Å². The van der Waals surface area contributed by atoms with Gasteiger partial charge in [0.15, 0.2) is 0 Å². The Bertz CT molecular complexity index is 1070. The average Bonchev–Trinajstić information content (AvgIpc) is 2.87. The molecule has 0 saturated heterocycles. The zero-order valence-corrected chi connectivity index (χ0v) is 16.5. The summed E-state index contributed by atoms with van der Waals surface area (Å²) >= 11 is 0. The lowest BCUT2D eigenvalue weighted by molar-refractivity contribution is 0.731. The lowest BCUT2D eigenvalue weighted by Crippen LogP contribution is -2.27. The summed E-state index contributed by atoms with van der Waals surface area (Å²) in [6.07, 6.45) is 0. The third kappa shape index (κ3) is 2.51. The smallest absolute Gasteiger partial charge is 0.258 e. The number of imidazole rings is 1. The fourth-order valence-corrected chi connectivity index (χ4v) is 3.56. The maximum atomic E-state index is 13.0. The van der Waals surface area contributed by atoms with Crippen LogP contribution in [0.4, 0.5) is 0 Å². The van der Waals surface area contributed by atoms with E-state index in [0.29, 0.717) is 6.54 Å². The highest BCUT2D eigenvalue weighted by Crippen LogP contribution is 2.23. The molecule has 1 aromatic carbocycles. The van der Waals surface area contributed by atoms with Gasteiger partial charge in [-0.2, -0.15) is 0 Å². The van der Waals surface area contributed by atoms with Gasteiger partial charge < -0.3 is 0 Å². The Hall–Kier alpha value is -2.36. The van der Waals surface area contributed by atoms with Crippen molar-refractivity contribution in [1.29, 1.82) is 0 Å². The highest BCUT2D eigenvalue weighted by Gasteiger charge is 2.17. The van der Waals surface area contributed by atoms with Crippen LogP contribution in [0.5, 0.6) is 0 Å². The molecular weight excluding hydrogens is 310 g/mol. The van der Waals surface area contributed by atoms with Crippen molar-refractivity contribution in [2.75, 3.05) is 0 Å². The molecule has 0 N–H and O–H groups in total. The van der Waals surface area contributed by atoms with Crippen LogP contribution in [0.3, 0.4) is 0 Å². The van der Waals surface area contributed by atoms with Crippen LogP contribution in [0.2, 0.25) is 0 Å². The third-order valence-corrected chi connectivity index (χ3v) is 5.93. The first-order chi connectivity index (χ1) is 11.6. The molecule has 2 heterocycles. The molecule has 4 nitrogen and oxygen atoms in total. The summed E-state index contributed by atoms with van der Waals surface area (Å²) in [5.41, 5.74) is 10.2. The van der Waals surface area contributed by atoms with Crippen LogP contribution in [0.1, 0.15) is 50.5 Å². The van der Waals surface area contributed by atoms with Gasteiger partial charge in [0.05, 0.1) is 12.2 Å². The second-order valence-corrected chi connectivity index (χ2v) is 7.25. The molecule has 0 aliphatic heterocycles. The maximum absolute atomic E-state index is 13.0. The summed E-state index contributed by atoms with van der Waals surface area (Å²) in [6, 6.07) is 2.21. The van der Waals surface area contributed by atoms with Crippen LogP contribution >= 0.6 is 0 Å². The van der Waals surface area contributed by atoms with E-state index in [2.05, 4.69) is 50.1 Å². The number of nitrogens with zero attached hydrogens (tertiary/aromatic N) is 3. The van der Waals surface area contributed by atoms with Crippen LogP contribution in [0, 0.1) is 55.4 Å². The van der Waals surface area contributed by atoms with Crippen molar-refractivity contribution in [3.63, 3.8) is 0 Å². The Balaban J connectivity index is 2.32. The van der Waals surface area contributed by atoms with Gasteiger partial charge in [0.2, 0.25) is 5.78 Å². The number of aromatic nitrogens is 3. The lowest BCUT2D eigenvalue weighted by atomic mass is 9.94. The lowest BCUT2D eigenvalue weighted by Gasteiger charge is -2.17. The molecule has 132 valence electrons. The molecule has 0 spiro atoms. The van der Waals surface area contributed by atoms with Gasteiger partial charge in [-0.25, -0.2) is 4.98 Å². The second-order valence-electron chi connectivity index (χ2n) is 7.25. The number of rotatable bonds is 2. The Morgan fingerprint density at radius 2 is 1.48 bits per heavy atom. The predicted molar refractivity (Wildman–Crippen MR) is 103 cm³/mol. The monoisotopic (exact) mass is 337 g/mol. The molecule has 0 aliphatic carbocycles. The van der Waals surface area contributed by atoms with E-state index in [4.69, 9.17) is 0 Å². The van der Waals surface area contributed by atoms with Crippen LogP contribution in [-0.2, 0) is 6.54 Å². The van der Waals surface area contributed by atoms with Gasteiger partial charge in [-0.15, -0.1) is 0 Å². The van der Waals surface area contributed by atoms with E-state index in [9.17, 15) is 4.79 Å². The normalized spacial score (nSPS) is 11.5. The molecule has 0 amide bonds. The quantitative estimate of drug-likeness (QED) is 0.709. The van der Waals surface area contributed by atoms with Crippen molar-refractivity contribution in [1.82, 2.24) is 14.0 Å². The molecule has 0 aliphatic rings. The maximum Gasteiger partial charge on any atom is 0.258 e. The molecule has 0 fully saturated rings. The van der Waals surface area contributed by atoms with Crippen molar-refractivity contribution in [2.24, 2.45) is 0 Å². The molecule has 3 rings (SSSR count). The van der Waals surface area contributed by atoms with E-state index < -0.39 is 0 Å². The average molecular weight is 337 g/mol. The SMILES string of the molecule is Cc1cc(Cn2c(=O)c(C)c(C)n3c(C)c(C)nc23)c(C)c(C)c1C. The zero-order valence-electron chi connectivity index (χ0n) is 16.5. The summed E-state index contributed by atoms with van der Waals surface area (Å²) in [6.45, 7) is 17.1. The van der Waals surface area contributed by atoms with Gasteiger partial charge in [-0.1, -0.05) is 6.07 Å².